The summed E-state index contributed by atoms with van der Waals surface area (Å²) >= 11 is 0. The highest BCUT2D eigenvalue weighted by Crippen LogP contribution is 2.14. The fourth-order valence-electron chi connectivity index (χ4n) is 1.65. The number of hydrogen-bond acceptors (Lipinski definition) is 5. The van der Waals surface area contributed by atoms with Crippen LogP contribution in [0.1, 0.15) is 26.7 Å². The van der Waals surface area contributed by atoms with Crippen molar-refractivity contribution < 1.29 is 9.90 Å². The van der Waals surface area contributed by atoms with E-state index in [0.717, 1.165) is 18.8 Å². The van der Waals surface area contributed by atoms with Crippen molar-refractivity contribution in [3.8, 4) is 0 Å². The van der Waals surface area contributed by atoms with Crippen LogP contribution in [0.3, 0.4) is 0 Å². The molecule has 6 heteroatoms. The summed E-state index contributed by atoms with van der Waals surface area (Å²) in [6.45, 7) is 4.83. The molecule has 0 aliphatic heterocycles. The van der Waals surface area contributed by atoms with Crippen molar-refractivity contribution in [3.05, 3.63) is 12.4 Å². The molecule has 1 heterocycles. The van der Waals surface area contributed by atoms with Crippen LogP contribution in [-0.2, 0) is 4.79 Å². The Labute approximate surface area is 107 Å². The third kappa shape index (κ3) is 4.57. The molecule has 0 saturated carbocycles. The first-order valence-electron chi connectivity index (χ1n) is 6.04. The van der Waals surface area contributed by atoms with Gasteiger partial charge in [0.1, 0.15) is 18.0 Å². The Balaban J connectivity index is 2.67. The van der Waals surface area contributed by atoms with Crippen molar-refractivity contribution in [1.29, 1.82) is 0 Å². The predicted molar refractivity (Wildman–Crippen MR) is 70.9 cm³/mol. The van der Waals surface area contributed by atoms with E-state index >= 15 is 0 Å². The highest BCUT2D eigenvalue weighted by molar-refractivity contribution is 5.68. The molecule has 0 aliphatic rings. The number of carboxylic acid groups (broad SMARTS) is 1. The molecule has 6 nitrogen and oxygen atoms in total. The molecule has 2 N–H and O–H groups in total. The van der Waals surface area contributed by atoms with Gasteiger partial charge in [0.2, 0.25) is 0 Å². The van der Waals surface area contributed by atoms with E-state index in [1.807, 2.05) is 24.9 Å². The maximum Gasteiger partial charge on any atom is 0.305 e. The number of anilines is 2. The highest BCUT2D eigenvalue weighted by atomic mass is 16.4. The Morgan fingerprint density at radius 1 is 1.56 bits per heavy atom. The first-order chi connectivity index (χ1) is 8.52. The quantitative estimate of drug-likeness (QED) is 0.767. The van der Waals surface area contributed by atoms with E-state index in [1.54, 1.807) is 0 Å². The molecule has 0 fully saturated rings. The second kappa shape index (κ2) is 6.78. The molecule has 0 radical (unpaired) electrons. The van der Waals surface area contributed by atoms with Gasteiger partial charge >= 0.3 is 5.97 Å². The first-order valence-corrected chi connectivity index (χ1v) is 6.04. The molecular formula is C12H20N4O2. The molecule has 0 spiro atoms. The summed E-state index contributed by atoms with van der Waals surface area (Å²) in [5.41, 5.74) is 0. The number of carbonyl (C=O) groups is 1. The van der Waals surface area contributed by atoms with Gasteiger partial charge < -0.3 is 15.3 Å². The molecule has 0 aromatic carbocycles. The summed E-state index contributed by atoms with van der Waals surface area (Å²) < 4.78 is 0. The van der Waals surface area contributed by atoms with Gasteiger partial charge in [0, 0.05) is 25.7 Å². The van der Waals surface area contributed by atoms with E-state index in [4.69, 9.17) is 5.11 Å². The summed E-state index contributed by atoms with van der Waals surface area (Å²) in [4.78, 5) is 20.9. The van der Waals surface area contributed by atoms with Crippen LogP contribution >= 0.6 is 0 Å². The number of rotatable bonds is 7. The summed E-state index contributed by atoms with van der Waals surface area (Å²) in [5, 5.41) is 11.7. The Bertz CT molecular complexity index is 397. The minimum Gasteiger partial charge on any atom is -0.481 e. The molecule has 0 bridgehead atoms. The van der Waals surface area contributed by atoms with Crippen LogP contribution in [0, 0.1) is 0 Å². The predicted octanol–water partition coefficient (Wildman–Crippen LogP) is 1.60. The zero-order chi connectivity index (χ0) is 13.5. The summed E-state index contributed by atoms with van der Waals surface area (Å²) in [7, 11) is 1.97. The van der Waals surface area contributed by atoms with Crippen LogP contribution in [0.15, 0.2) is 12.4 Å². The molecule has 1 unspecified atom stereocenters. The lowest BCUT2D eigenvalue weighted by Crippen LogP contribution is -2.22. The molecule has 0 aliphatic carbocycles. The van der Waals surface area contributed by atoms with E-state index in [9.17, 15) is 4.79 Å². The SMILES string of the molecule is CCCN(C)c1cc(NC(C)CC(=O)O)ncn1. The third-order valence-corrected chi connectivity index (χ3v) is 2.48. The summed E-state index contributed by atoms with van der Waals surface area (Å²) in [6.07, 6.45) is 2.58. The summed E-state index contributed by atoms with van der Waals surface area (Å²) in [6, 6.07) is 1.66. The highest BCUT2D eigenvalue weighted by Gasteiger charge is 2.09. The second-order valence-corrected chi connectivity index (χ2v) is 4.33. The molecule has 1 aromatic heterocycles. The minimum absolute atomic E-state index is 0.0597. The molecule has 18 heavy (non-hydrogen) atoms. The van der Waals surface area contributed by atoms with Crippen LogP contribution < -0.4 is 10.2 Å². The Morgan fingerprint density at radius 2 is 2.28 bits per heavy atom. The van der Waals surface area contributed by atoms with E-state index in [1.165, 1.54) is 6.33 Å². The van der Waals surface area contributed by atoms with E-state index in [-0.39, 0.29) is 12.5 Å². The van der Waals surface area contributed by atoms with Gasteiger partial charge in [-0.2, -0.15) is 0 Å². The Kier molecular flexibility index (Phi) is 5.35. The smallest absolute Gasteiger partial charge is 0.305 e. The van der Waals surface area contributed by atoms with Gasteiger partial charge in [-0.05, 0) is 13.3 Å². The van der Waals surface area contributed by atoms with Crippen LogP contribution in [0.4, 0.5) is 11.6 Å². The second-order valence-electron chi connectivity index (χ2n) is 4.33. The van der Waals surface area contributed by atoms with Crippen molar-refractivity contribution in [3.63, 3.8) is 0 Å². The largest absolute Gasteiger partial charge is 0.481 e. The van der Waals surface area contributed by atoms with Crippen molar-refractivity contribution >= 4 is 17.6 Å². The van der Waals surface area contributed by atoms with Crippen molar-refractivity contribution in [1.82, 2.24) is 9.97 Å². The average molecular weight is 252 g/mol. The van der Waals surface area contributed by atoms with E-state index in [0.29, 0.717) is 5.82 Å². The van der Waals surface area contributed by atoms with Crippen molar-refractivity contribution in [2.24, 2.45) is 0 Å². The van der Waals surface area contributed by atoms with Gasteiger partial charge in [-0.1, -0.05) is 6.92 Å². The molecule has 0 amide bonds. The van der Waals surface area contributed by atoms with E-state index < -0.39 is 5.97 Å². The van der Waals surface area contributed by atoms with Crippen molar-refractivity contribution in [2.75, 3.05) is 23.8 Å². The third-order valence-electron chi connectivity index (χ3n) is 2.48. The van der Waals surface area contributed by atoms with Gasteiger partial charge in [-0.3, -0.25) is 4.79 Å². The molecule has 1 atom stereocenters. The van der Waals surface area contributed by atoms with Crippen LogP contribution in [0.5, 0.6) is 0 Å². The normalized spacial score (nSPS) is 11.9. The minimum atomic E-state index is -0.826. The van der Waals surface area contributed by atoms with Crippen molar-refractivity contribution in [2.45, 2.75) is 32.7 Å². The first kappa shape index (κ1) is 14.2. The lowest BCUT2D eigenvalue weighted by Gasteiger charge is -2.18. The Hall–Kier alpha value is -1.85. The molecular weight excluding hydrogens is 232 g/mol. The lowest BCUT2D eigenvalue weighted by molar-refractivity contribution is -0.137. The van der Waals surface area contributed by atoms with Gasteiger partial charge in [0.25, 0.3) is 0 Å². The average Bonchev–Trinajstić information content (AvgIpc) is 2.28. The zero-order valence-corrected chi connectivity index (χ0v) is 11.1. The number of aliphatic carboxylic acids is 1. The number of nitrogens with one attached hydrogen (secondary N) is 1. The zero-order valence-electron chi connectivity index (χ0n) is 11.1. The number of aromatic nitrogens is 2. The lowest BCUT2D eigenvalue weighted by atomic mass is 10.2. The van der Waals surface area contributed by atoms with Gasteiger partial charge in [0.05, 0.1) is 6.42 Å². The monoisotopic (exact) mass is 252 g/mol. The molecule has 1 aromatic rings. The van der Waals surface area contributed by atoms with Gasteiger partial charge in [-0.15, -0.1) is 0 Å². The van der Waals surface area contributed by atoms with E-state index in [2.05, 4.69) is 22.2 Å². The summed E-state index contributed by atoms with van der Waals surface area (Å²) in [5.74, 6) is 0.654. The Morgan fingerprint density at radius 3 is 2.89 bits per heavy atom. The maximum absolute atomic E-state index is 10.6. The number of carboxylic acids is 1. The molecule has 0 saturated heterocycles. The topological polar surface area (TPSA) is 78.4 Å². The fourth-order valence-corrected chi connectivity index (χ4v) is 1.65. The van der Waals surface area contributed by atoms with Crippen LogP contribution in [0.2, 0.25) is 0 Å². The standard InChI is InChI=1S/C12H20N4O2/c1-4-5-16(3)11-7-10(13-8-14-11)15-9(2)6-12(17)18/h7-9H,4-6H2,1-3H3,(H,17,18)(H,13,14,15). The molecule has 1 rings (SSSR count). The maximum atomic E-state index is 10.6. The van der Waals surface area contributed by atoms with Crippen LogP contribution in [0.25, 0.3) is 0 Å². The number of hydrogen-bond donors (Lipinski definition) is 2. The van der Waals surface area contributed by atoms with Gasteiger partial charge in [0.15, 0.2) is 0 Å². The number of nitrogens with zero attached hydrogens (tertiary/aromatic N) is 3. The van der Waals surface area contributed by atoms with Gasteiger partial charge in [-0.25, -0.2) is 9.97 Å². The molecule has 100 valence electrons. The fraction of sp³-hybridized carbons (Fsp3) is 0.583. The van der Waals surface area contributed by atoms with Crippen LogP contribution in [-0.4, -0.2) is 40.7 Å².